The summed E-state index contributed by atoms with van der Waals surface area (Å²) in [7, 11) is 1.44. The van der Waals surface area contributed by atoms with E-state index in [1.807, 2.05) is 0 Å². The fourth-order valence-electron chi connectivity index (χ4n) is 1.55. The van der Waals surface area contributed by atoms with Crippen LogP contribution in [0.5, 0.6) is 0 Å². The molecular weight excluding hydrogens is 279 g/mol. The van der Waals surface area contributed by atoms with Gasteiger partial charge in [-0.15, -0.1) is 0 Å². The number of aliphatic hydroxyl groups is 1. The number of rotatable bonds is 2. The fraction of sp³-hybridized carbons (Fsp3) is 0.364. The standard InChI is InChI=1S/C11H10F3N3O3/c1-15-9(18)6-2-3-7(16-5-6)8-4-10(19,20-17-8)11(12,13)14/h2-3,5,19H,4H2,1H3,(H,15,18). The minimum absolute atomic E-state index is 0.0952. The van der Waals surface area contributed by atoms with Gasteiger partial charge in [0, 0.05) is 13.2 Å². The number of alkyl halides is 3. The highest BCUT2D eigenvalue weighted by molar-refractivity contribution is 6.01. The second kappa shape index (κ2) is 4.75. The Bertz CT molecular complexity index is 556. The second-order valence-electron chi connectivity index (χ2n) is 4.10. The van der Waals surface area contributed by atoms with Crippen LogP contribution in [0.1, 0.15) is 22.5 Å². The van der Waals surface area contributed by atoms with E-state index in [2.05, 4.69) is 20.3 Å². The Morgan fingerprint density at radius 3 is 2.65 bits per heavy atom. The SMILES string of the molecule is CNC(=O)c1ccc(C2=NOC(O)(C(F)(F)F)C2)nc1. The Morgan fingerprint density at radius 2 is 2.20 bits per heavy atom. The van der Waals surface area contributed by atoms with Gasteiger partial charge in [-0.1, -0.05) is 5.16 Å². The predicted molar refractivity (Wildman–Crippen MR) is 60.9 cm³/mol. The summed E-state index contributed by atoms with van der Waals surface area (Å²) >= 11 is 0. The number of pyridine rings is 1. The molecule has 1 unspecified atom stereocenters. The van der Waals surface area contributed by atoms with E-state index in [9.17, 15) is 23.1 Å². The van der Waals surface area contributed by atoms with Crippen molar-refractivity contribution in [2.24, 2.45) is 5.16 Å². The van der Waals surface area contributed by atoms with Crippen LogP contribution in [0.15, 0.2) is 23.5 Å². The smallest absolute Gasteiger partial charge is 0.355 e. The van der Waals surface area contributed by atoms with E-state index in [1.54, 1.807) is 0 Å². The first-order chi connectivity index (χ1) is 9.27. The summed E-state index contributed by atoms with van der Waals surface area (Å²) < 4.78 is 37.6. The van der Waals surface area contributed by atoms with Gasteiger partial charge in [-0.3, -0.25) is 9.78 Å². The van der Waals surface area contributed by atoms with Crippen molar-refractivity contribution in [1.29, 1.82) is 0 Å². The average Bonchev–Trinajstić information content (AvgIpc) is 2.82. The maximum atomic E-state index is 12.5. The number of carbonyl (C=O) groups is 1. The third kappa shape index (κ3) is 2.44. The molecule has 2 heterocycles. The number of aromatic nitrogens is 1. The summed E-state index contributed by atoms with van der Waals surface area (Å²) in [5.41, 5.74) is 0.202. The van der Waals surface area contributed by atoms with E-state index in [4.69, 9.17) is 0 Å². The first-order valence-corrected chi connectivity index (χ1v) is 5.49. The maximum Gasteiger partial charge on any atom is 0.458 e. The lowest BCUT2D eigenvalue weighted by Crippen LogP contribution is -2.45. The van der Waals surface area contributed by atoms with Gasteiger partial charge in [0.05, 0.1) is 17.7 Å². The Balaban J connectivity index is 2.17. The van der Waals surface area contributed by atoms with E-state index in [0.717, 1.165) is 0 Å². The molecule has 9 heteroatoms. The van der Waals surface area contributed by atoms with Crippen molar-refractivity contribution < 1.29 is 27.9 Å². The highest BCUT2D eigenvalue weighted by Crippen LogP contribution is 2.38. The highest BCUT2D eigenvalue weighted by Gasteiger charge is 2.60. The van der Waals surface area contributed by atoms with Gasteiger partial charge in [-0.2, -0.15) is 13.2 Å². The molecule has 2 rings (SSSR count). The van der Waals surface area contributed by atoms with Crippen LogP contribution in [0.2, 0.25) is 0 Å². The van der Waals surface area contributed by atoms with Crippen molar-refractivity contribution in [2.45, 2.75) is 18.4 Å². The zero-order valence-corrected chi connectivity index (χ0v) is 10.2. The largest absolute Gasteiger partial charge is 0.458 e. The fourth-order valence-corrected chi connectivity index (χ4v) is 1.55. The lowest BCUT2D eigenvalue weighted by atomic mass is 10.1. The van der Waals surface area contributed by atoms with Crippen molar-refractivity contribution in [1.82, 2.24) is 10.3 Å². The minimum atomic E-state index is -4.96. The van der Waals surface area contributed by atoms with E-state index in [1.165, 1.54) is 25.4 Å². The molecule has 1 aromatic rings. The van der Waals surface area contributed by atoms with E-state index in [0.29, 0.717) is 0 Å². The average molecular weight is 289 g/mol. The van der Waals surface area contributed by atoms with Crippen LogP contribution in [-0.4, -0.2) is 40.7 Å². The minimum Gasteiger partial charge on any atom is -0.355 e. The number of oxime groups is 1. The van der Waals surface area contributed by atoms with Gasteiger partial charge < -0.3 is 15.3 Å². The summed E-state index contributed by atoms with van der Waals surface area (Å²) in [6.07, 6.45) is -4.62. The molecule has 0 saturated carbocycles. The van der Waals surface area contributed by atoms with E-state index in [-0.39, 0.29) is 22.9 Å². The lowest BCUT2D eigenvalue weighted by molar-refractivity contribution is -0.355. The first kappa shape index (κ1) is 14.3. The Hall–Kier alpha value is -2.16. The molecule has 0 fully saturated rings. The molecular formula is C11H10F3N3O3. The summed E-state index contributed by atoms with van der Waals surface area (Å²) in [4.78, 5) is 19.2. The molecule has 0 aliphatic carbocycles. The van der Waals surface area contributed by atoms with Crippen molar-refractivity contribution in [3.8, 4) is 0 Å². The molecule has 20 heavy (non-hydrogen) atoms. The molecule has 0 radical (unpaired) electrons. The van der Waals surface area contributed by atoms with Gasteiger partial charge in [0.2, 0.25) is 0 Å². The topological polar surface area (TPSA) is 83.8 Å². The van der Waals surface area contributed by atoms with Gasteiger partial charge in [-0.25, -0.2) is 0 Å². The Labute approximate surface area is 111 Å². The van der Waals surface area contributed by atoms with E-state index < -0.39 is 18.4 Å². The van der Waals surface area contributed by atoms with Crippen molar-refractivity contribution in [2.75, 3.05) is 7.05 Å². The quantitative estimate of drug-likeness (QED) is 0.844. The van der Waals surface area contributed by atoms with Crippen LogP contribution in [0.3, 0.4) is 0 Å². The van der Waals surface area contributed by atoms with Gasteiger partial charge in [0.1, 0.15) is 5.71 Å². The molecule has 1 aromatic heterocycles. The number of amides is 1. The molecule has 0 bridgehead atoms. The first-order valence-electron chi connectivity index (χ1n) is 5.49. The number of nitrogens with one attached hydrogen (secondary N) is 1. The molecule has 1 aliphatic heterocycles. The number of hydrogen-bond donors (Lipinski definition) is 2. The van der Waals surface area contributed by atoms with Crippen LogP contribution in [-0.2, 0) is 4.84 Å². The number of hydrogen-bond acceptors (Lipinski definition) is 5. The molecule has 0 aromatic carbocycles. The monoisotopic (exact) mass is 289 g/mol. The number of carbonyl (C=O) groups excluding carboxylic acids is 1. The number of halogens is 3. The van der Waals surface area contributed by atoms with Crippen LogP contribution in [0.4, 0.5) is 13.2 Å². The molecule has 1 aliphatic rings. The normalized spacial score (nSPS) is 22.1. The third-order valence-electron chi connectivity index (χ3n) is 2.71. The predicted octanol–water partition coefficient (Wildman–Crippen LogP) is 0.816. The Morgan fingerprint density at radius 1 is 1.50 bits per heavy atom. The zero-order valence-electron chi connectivity index (χ0n) is 10.2. The van der Waals surface area contributed by atoms with Crippen LogP contribution in [0, 0.1) is 0 Å². The van der Waals surface area contributed by atoms with Crippen molar-refractivity contribution >= 4 is 11.6 Å². The molecule has 2 N–H and O–H groups in total. The third-order valence-corrected chi connectivity index (χ3v) is 2.71. The summed E-state index contributed by atoms with van der Waals surface area (Å²) in [6, 6.07) is 2.71. The Kier molecular flexibility index (Phi) is 3.38. The van der Waals surface area contributed by atoms with Gasteiger partial charge >= 0.3 is 12.0 Å². The van der Waals surface area contributed by atoms with E-state index >= 15 is 0 Å². The van der Waals surface area contributed by atoms with Gasteiger partial charge in [0.15, 0.2) is 0 Å². The van der Waals surface area contributed by atoms with Gasteiger partial charge in [0.25, 0.3) is 5.91 Å². The molecule has 1 amide bonds. The molecule has 0 saturated heterocycles. The molecule has 108 valence electrons. The summed E-state index contributed by atoms with van der Waals surface area (Å²) in [5, 5.41) is 14.9. The lowest BCUT2D eigenvalue weighted by Gasteiger charge is -2.22. The van der Waals surface area contributed by atoms with Crippen molar-refractivity contribution in [3.05, 3.63) is 29.6 Å². The summed E-state index contributed by atoms with van der Waals surface area (Å²) in [6.45, 7) is 0. The van der Waals surface area contributed by atoms with Crippen LogP contribution in [0.25, 0.3) is 0 Å². The van der Waals surface area contributed by atoms with Crippen LogP contribution >= 0.6 is 0 Å². The molecule has 6 nitrogen and oxygen atoms in total. The molecule has 1 atom stereocenters. The summed E-state index contributed by atoms with van der Waals surface area (Å²) in [5.74, 6) is -3.70. The number of nitrogens with zero attached hydrogens (tertiary/aromatic N) is 2. The zero-order chi connectivity index (χ0) is 15.0. The molecule has 0 spiro atoms. The maximum absolute atomic E-state index is 12.5. The van der Waals surface area contributed by atoms with Crippen LogP contribution < -0.4 is 5.32 Å². The highest BCUT2D eigenvalue weighted by atomic mass is 19.4. The second-order valence-corrected chi connectivity index (χ2v) is 4.10. The van der Waals surface area contributed by atoms with Crippen molar-refractivity contribution in [3.63, 3.8) is 0 Å². The van der Waals surface area contributed by atoms with Gasteiger partial charge in [-0.05, 0) is 12.1 Å².